The average molecular weight is 475 g/mol. The SMILES string of the molecule is COc1ccc(CCC(=O)Nc2ccccc2C(=O)OCC(=O)Nc2ccccc2C(C)C)cc1. The van der Waals surface area contributed by atoms with Gasteiger partial charge in [-0.25, -0.2) is 4.79 Å². The van der Waals surface area contributed by atoms with E-state index in [9.17, 15) is 14.4 Å². The number of esters is 1. The van der Waals surface area contributed by atoms with Gasteiger partial charge in [0.05, 0.1) is 18.4 Å². The van der Waals surface area contributed by atoms with Gasteiger partial charge < -0.3 is 20.1 Å². The van der Waals surface area contributed by atoms with Gasteiger partial charge in [0.25, 0.3) is 5.91 Å². The van der Waals surface area contributed by atoms with E-state index in [0.717, 1.165) is 16.9 Å². The van der Waals surface area contributed by atoms with Crippen molar-refractivity contribution in [3.05, 3.63) is 89.5 Å². The lowest BCUT2D eigenvalue weighted by Crippen LogP contribution is -2.22. The van der Waals surface area contributed by atoms with E-state index in [0.29, 0.717) is 17.8 Å². The van der Waals surface area contributed by atoms with E-state index in [4.69, 9.17) is 9.47 Å². The second-order valence-corrected chi connectivity index (χ2v) is 8.31. The molecule has 0 radical (unpaired) electrons. The number of ether oxygens (including phenoxy) is 2. The minimum atomic E-state index is -0.691. The molecule has 0 aliphatic heterocycles. The first-order valence-corrected chi connectivity index (χ1v) is 11.4. The molecule has 0 fully saturated rings. The molecule has 0 unspecified atom stereocenters. The highest BCUT2D eigenvalue weighted by Gasteiger charge is 2.17. The number of methoxy groups -OCH3 is 1. The molecule has 0 saturated carbocycles. The lowest BCUT2D eigenvalue weighted by molar-refractivity contribution is -0.119. The summed E-state index contributed by atoms with van der Waals surface area (Å²) >= 11 is 0. The van der Waals surface area contributed by atoms with Crippen LogP contribution in [0.25, 0.3) is 0 Å². The van der Waals surface area contributed by atoms with E-state index in [2.05, 4.69) is 10.6 Å². The minimum absolute atomic E-state index is 0.181. The fourth-order valence-corrected chi connectivity index (χ4v) is 3.54. The topological polar surface area (TPSA) is 93.7 Å². The smallest absolute Gasteiger partial charge is 0.340 e. The van der Waals surface area contributed by atoms with Crippen LogP contribution < -0.4 is 15.4 Å². The van der Waals surface area contributed by atoms with Crippen molar-refractivity contribution in [1.82, 2.24) is 0 Å². The Hall–Kier alpha value is -4.13. The van der Waals surface area contributed by atoms with Crippen LogP contribution in [0.15, 0.2) is 72.8 Å². The fourth-order valence-electron chi connectivity index (χ4n) is 3.54. The molecule has 7 heteroatoms. The van der Waals surface area contributed by atoms with Gasteiger partial charge in [0.15, 0.2) is 6.61 Å². The molecule has 0 aliphatic rings. The Labute approximate surface area is 205 Å². The lowest BCUT2D eigenvalue weighted by Gasteiger charge is -2.14. The van der Waals surface area contributed by atoms with Crippen molar-refractivity contribution >= 4 is 29.2 Å². The average Bonchev–Trinajstić information content (AvgIpc) is 2.87. The minimum Gasteiger partial charge on any atom is -0.497 e. The predicted octanol–water partition coefficient (Wildman–Crippen LogP) is 5.19. The largest absolute Gasteiger partial charge is 0.497 e. The van der Waals surface area contributed by atoms with E-state index < -0.39 is 18.5 Å². The number of carbonyl (C=O) groups is 3. The maximum Gasteiger partial charge on any atom is 0.340 e. The summed E-state index contributed by atoms with van der Waals surface area (Å²) in [5.74, 6) is -0.377. The Kier molecular flexibility index (Phi) is 9.01. The normalized spacial score (nSPS) is 10.5. The zero-order chi connectivity index (χ0) is 25.2. The van der Waals surface area contributed by atoms with E-state index in [-0.39, 0.29) is 23.8 Å². The summed E-state index contributed by atoms with van der Waals surface area (Å²) in [6, 6.07) is 21.6. The Morgan fingerprint density at radius 1 is 0.800 bits per heavy atom. The molecule has 0 atom stereocenters. The van der Waals surface area contributed by atoms with Gasteiger partial charge >= 0.3 is 5.97 Å². The second-order valence-electron chi connectivity index (χ2n) is 8.31. The van der Waals surface area contributed by atoms with Gasteiger partial charge in [0.1, 0.15) is 5.75 Å². The van der Waals surface area contributed by atoms with E-state index in [1.54, 1.807) is 31.4 Å². The molecule has 0 bridgehead atoms. The van der Waals surface area contributed by atoms with Gasteiger partial charge in [0, 0.05) is 12.1 Å². The number of hydrogen-bond acceptors (Lipinski definition) is 5. The second kappa shape index (κ2) is 12.4. The molecule has 0 heterocycles. The highest BCUT2D eigenvalue weighted by molar-refractivity contribution is 6.02. The van der Waals surface area contributed by atoms with Gasteiger partial charge in [0.2, 0.25) is 5.91 Å². The molecule has 7 nitrogen and oxygen atoms in total. The molecule has 3 aromatic carbocycles. The van der Waals surface area contributed by atoms with E-state index in [1.807, 2.05) is 62.4 Å². The molecule has 0 aromatic heterocycles. The number of rotatable bonds is 10. The van der Waals surface area contributed by atoms with Gasteiger partial charge in [-0.3, -0.25) is 9.59 Å². The van der Waals surface area contributed by atoms with Crippen LogP contribution in [0.5, 0.6) is 5.75 Å². The number of para-hydroxylation sites is 2. The Morgan fingerprint density at radius 2 is 1.43 bits per heavy atom. The van der Waals surface area contributed by atoms with Crippen LogP contribution in [0.3, 0.4) is 0 Å². The van der Waals surface area contributed by atoms with Gasteiger partial charge in [-0.1, -0.05) is 56.3 Å². The molecule has 2 amide bonds. The molecule has 182 valence electrons. The van der Waals surface area contributed by atoms with Crippen molar-refractivity contribution in [2.24, 2.45) is 0 Å². The van der Waals surface area contributed by atoms with Crippen molar-refractivity contribution in [3.63, 3.8) is 0 Å². The van der Waals surface area contributed by atoms with Crippen molar-refractivity contribution in [2.75, 3.05) is 24.4 Å². The Bertz CT molecular complexity index is 1170. The molecule has 0 saturated heterocycles. The van der Waals surface area contributed by atoms with Crippen LogP contribution in [0.4, 0.5) is 11.4 Å². The summed E-state index contributed by atoms with van der Waals surface area (Å²) in [4.78, 5) is 37.5. The van der Waals surface area contributed by atoms with Crippen molar-refractivity contribution in [1.29, 1.82) is 0 Å². The standard InChI is InChI=1S/C28H30N2O5/c1-19(2)22-8-4-6-10-24(22)30-27(32)18-35-28(33)23-9-5-7-11-25(23)29-26(31)17-14-20-12-15-21(34-3)16-13-20/h4-13,15-16,19H,14,17-18H2,1-3H3,(H,29,31)(H,30,32). The third kappa shape index (κ3) is 7.43. The Morgan fingerprint density at radius 3 is 2.11 bits per heavy atom. The highest BCUT2D eigenvalue weighted by Crippen LogP contribution is 2.23. The lowest BCUT2D eigenvalue weighted by atomic mass is 10.0. The van der Waals surface area contributed by atoms with E-state index >= 15 is 0 Å². The number of carbonyl (C=O) groups excluding carboxylic acids is 3. The van der Waals surface area contributed by atoms with Crippen LogP contribution in [0.2, 0.25) is 0 Å². The van der Waals surface area contributed by atoms with Crippen LogP contribution >= 0.6 is 0 Å². The quantitative estimate of drug-likeness (QED) is 0.395. The zero-order valence-corrected chi connectivity index (χ0v) is 20.2. The van der Waals surface area contributed by atoms with Crippen LogP contribution in [-0.2, 0) is 20.7 Å². The number of anilines is 2. The van der Waals surface area contributed by atoms with Gasteiger partial charge in [-0.2, -0.15) is 0 Å². The van der Waals surface area contributed by atoms with Crippen LogP contribution in [0.1, 0.15) is 47.7 Å². The maximum atomic E-state index is 12.7. The highest BCUT2D eigenvalue weighted by atomic mass is 16.5. The molecular weight excluding hydrogens is 444 g/mol. The first kappa shape index (κ1) is 25.5. The molecule has 35 heavy (non-hydrogen) atoms. The predicted molar refractivity (Wildman–Crippen MR) is 136 cm³/mol. The van der Waals surface area contributed by atoms with Crippen LogP contribution in [-0.4, -0.2) is 31.5 Å². The summed E-state index contributed by atoms with van der Waals surface area (Å²) in [6.07, 6.45) is 0.786. The summed E-state index contributed by atoms with van der Waals surface area (Å²) in [6.45, 7) is 3.63. The van der Waals surface area contributed by atoms with Crippen molar-refractivity contribution < 1.29 is 23.9 Å². The first-order valence-electron chi connectivity index (χ1n) is 11.4. The van der Waals surface area contributed by atoms with Gasteiger partial charge in [-0.15, -0.1) is 0 Å². The monoisotopic (exact) mass is 474 g/mol. The summed E-state index contributed by atoms with van der Waals surface area (Å²) in [7, 11) is 1.60. The molecule has 3 rings (SSSR count). The van der Waals surface area contributed by atoms with Crippen molar-refractivity contribution in [3.8, 4) is 5.75 Å². The fraction of sp³-hybridized carbons (Fsp3) is 0.250. The number of benzene rings is 3. The molecule has 0 aliphatic carbocycles. The first-order chi connectivity index (χ1) is 16.9. The maximum absolute atomic E-state index is 12.7. The third-order valence-corrected chi connectivity index (χ3v) is 5.41. The molecule has 2 N–H and O–H groups in total. The number of amides is 2. The number of hydrogen-bond donors (Lipinski definition) is 2. The summed E-state index contributed by atoms with van der Waals surface area (Å²) < 4.78 is 10.4. The molecular formula is C28H30N2O5. The number of aryl methyl sites for hydroxylation is 1. The molecule has 3 aromatic rings. The van der Waals surface area contributed by atoms with Gasteiger partial charge in [-0.05, 0) is 53.8 Å². The van der Waals surface area contributed by atoms with Crippen LogP contribution in [0, 0.1) is 0 Å². The third-order valence-electron chi connectivity index (χ3n) is 5.41. The van der Waals surface area contributed by atoms with E-state index in [1.165, 1.54) is 0 Å². The van der Waals surface area contributed by atoms with Crippen molar-refractivity contribution in [2.45, 2.75) is 32.6 Å². The zero-order valence-electron chi connectivity index (χ0n) is 20.2. The Balaban J connectivity index is 1.55. The molecule has 0 spiro atoms. The number of nitrogens with one attached hydrogen (secondary N) is 2. The summed E-state index contributed by atoms with van der Waals surface area (Å²) in [5, 5.41) is 5.56. The summed E-state index contributed by atoms with van der Waals surface area (Å²) in [5.41, 5.74) is 3.20.